The maximum absolute atomic E-state index is 12.4. The molecule has 1 atom stereocenters. The minimum atomic E-state index is -0.0138. The SMILES string of the molecule is Nc1ccc(CC(=O)NCC(c2ccccc2Cl)N2CCOCC2)cc1. The number of amides is 1. The molecule has 1 amide bonds. The van der Waals surface area contributed by atoms with Crippen molar-refractivity contribution in [3.8, 4) is 0 Å². The predicted molar refractivity (Wildman–Crippen MR) is 104 cm³/mol. The number of nitrogens with zero attached hydrogens (tertiary/aromatic N) is 1. The molecule has 26 heavy (non-hydrogen) atoms. The summed E-state index contributed by atoms with van der Waals surface area (Å²) in [6.45, 7) is 3.55. The van der Waals surface area contributed by atoms with E-state index in [1.54, 1.807) is 0 Å². The summed E-state index contributed by atoms with van der Waals surface area (Å²) in [5.41, 5.74) is 8.36. The Balaban J connectivity index is 1.66. The number of halogens is 1. The molecule has 0 radical (unpaired) electrons. The number of hydrogen-bond donors (Lipinski definition) is 2. The molecule has 1 aliphatic heterocycles. The zero-order chi connectivity index (χ0) is 18.4. The minimum absolute atomic E-state index is 0.0138. The Morgan fingerprint density at radius 1 is 1.15 bits per heavy atom. The van der Waals surface area contributed by atoms with Gasteiger partial charge in [-0.3, -0.25) is 9.69 Å². The van der Waals surface area contributed by atoms with E-state index in [0.29, 0.717) is 31.9 Å². The van der Waals surface area contributed by atoms with Crippen LogP contribution >= 0.6 is 11.6 Å². The van der Waals surface area contributed by atoms with Gasteiger partial charge in [-0.05, 0) is 29.3 Å². The van der Waals surface area contributed by atoms with Crippen LogP contribution < -0.4 is 11.1 Å². The second kappa shape index (κ2) is 9.03. The standard InChI is InChI=1S/C20H24ClN3O2/c21-18-4-2-1-3-17(18)19(24-9-11-26-12-10-24)14-23-20(25)13-15-5-7-16(22)8-6-15/h1-8,19H,9-14,22H2,(H,23,25). The number of benzene rings is 2. The number of nitrogens with two attached hydrogens (primary N) is 1. The fraction of sp³-hybridized carbons (Fsp3) is 0.350. The topological polar surface area (TPSA) is 67.6 Å². The van der Waals surface area contributed by atoms with E-state index in [1.165, 1.54) is 0 Å². The molecule has 0 aromatic heterocycles. The minimum Gasteiger partial charge on any atom is -0.399 e. The monoisotopic (exact) mass is 373 g/mol. The molecular weight excluding hydrogens is 350 g/mol. The first kappa shape index (κ1) is 18.7. The average Bonchev–Trinajstić information content (AvgIpc) is 2.66. The first-order chi connectivity index (χ1) is 12.6. The van der Waals surface area contributed by atoms with Crippen molar-refractivity contribution in [3.63, 3.8) is 0 Å². The van der Waals surface area contributed by atoms with Crippen LogP contribution in [0.2, 0.25) is 5.02 Å². The Kier molecular flexibility index (Phi) is 6.50. The van der Waals surface area contributed by atoms with Gasteiger partial charge in [0.15, 0.2) is 0 Å². The number of carbonyl (C=O) groups is 1. The zero-order valence-corrected chi connectivity index (χ0v) is 15.4. The summed E-state index contributed by atoms with van der Waals surface area (Å²) in [4.78, 5) is 14.7. The van der Waals surface area contributed by atoms with Crippen molar-refractivity contribution in [2.24, 2.45) is 0 Å². The summed E-state index contributed by atoms with van der Waals surface area (Å²) in [7, 11) is 0. The Morgan fingerprint density at radius 2 is 1.85 bits per heavy atom. The molecular formula is C20H24ClN3O2. The Hall–Kier alpha value is -2.08. The fourth-order valence-corrected chi connectivity index (χ4v) is 3.43. The molecule has 2 aromatic rings. The van der Waals surface area contributed by atoms with Crippen LogP contribution in [0.25, 0.3) is 0 Å². The van der Waals surface area contributed by atoms with Crippen molar-refractivity contribution in [3.05, 3.63) is 64.7 Å². The molecule has 6 heteroatoms. The number of nitrogen functional groups attached to an aromatic ring is 1. The quantitative estimate of drug-likeness (QED) is 0.764. The van der Waals surface area contributed by atoms with Gasteiger partial charge in [-0.15, -0.1) is 0 Å². The van der Waals surface area contributed by atoms with Crippen LogP contribution in [0.1, 0.15) is 17.2 Å². The first-order valence-corrected chi connectivity index (χ1v) is 9.18. The number of carbonyl (C=O) groups excluding carboxylic acids is 1. The third-order valence-electron chi connectivity index (χ3n) is 4.59. The van der Waals surface area contributed by atoms with Gasteiger partial charge in [0, 0.05) is 30.3 Å². The molecule has 3 N–H and O–H groups in total. The third-order valence-corrected chi connectivity index (χ3v) is 4.93. The molecule has 138 valence electrons. The lowest BCUT2D eigenvalue weighted by Crippen LogP contribution is -2.44. The van der Waals surface area contributed by atoms with Gasteiger partial charge in [-0.2, -0.15) is 0 Å². The van der Waals surface area contributed by atoms with Crippen LogP contribution in [0.15, 0.2) is 48.5 Å². The highest BCUT2D eigenvalue weighted by molar-refractivity contribution is 6.31. The Labute approximate surface area is 159 Å². The van der Waals surface area contributed by atoms with Crippen molar-refractivity contribution in [2.45, 2.75) is 12.5 Å². The molecule has 1 fully saturated rings. The van der Waals surface area contributed by atoms with Gasteiger partial charge < -0.3 is 15.8 Å². The third kappa shape index (κ3) is 4.97. The van der Waals surface area contributed by atoms with Crippen LogP contribution in [0.4, 0.5) is 5.69 Å². The van der Waals surface area contributed by atoms with Crippen LogP contribution in [0, 0.1) is 0 Å². The van der Waals surface area contributed by atoms with Crippen LogP contribution in [0.5, 0.6) is 0 Å². The lowest BCUT2D eigenvalue weighted by Gasteiger charge is -2.35. The molecule has 0 spiro atoms. The number of ether oxygens (including phenoxy) is 1. The van der Waals surface area contributed by atoms with Crippen molar-refractivity contribution in [1.29, 1.82) is 0 Å². The highest BCUT2D eigenvalue weighted by Crippen LogP contribution is 2.27. The molecule has 1 heterocycles. The second-order valence-electron chi connectivity index (χ2n) is 6.41. The molecule has 0 aliphatic carbocycles. The lowest BCUT2D eigenvalue weighted by atomic mass is 10.0. The maximum atomic E-state index is 12.4. The summed E-state index contributed by atoms with van der Waals surface area (Å²) >= 11 is 6.42. The number of anilines is 1. The number of hydrogen-bond acceptors (Lipinski definition) is 4. The van der Waals surface area contributed by atoms with Gasteiger partial charge in [0.05, 0.1) is 25.7 Å². The van der Waals surface area contributed by atoms with Gasteiger partial charge in [0.1, 0.15) is 0 Å². The summed E-state index contributed by atoms with van der Waals surface area (Å²) in [6.07, 6.45) is 0.332. The molecule has 1 aliphatic rings. The van der Waals surface area contributed by atoms with E-state index in [9.17, 15) is 4.79 Å². The van der Waals surface area contributed by atoms with Crippen molar-refractivity contribution < 1.29 is 9.53 Å². The van der Waals surface area contributed by atoms with Gasteiger partial charge >= 0.3 is 0 Å². The zero-order valence-electron chi connectivity index (χ0n) is 14.7. The molecule has 5 nitrogen and oxygen atoms in total. The molecule has 1 saturated heterocycles. The predicted octanol–water partition coefficient (Wildman–Crippen LogP) is 2.65. The first-order valence-electron chi connectivity index (χ1n) is 8.81. The highest BCUT2D eigenvalue weighted by Gasteiger charge is 2.24. The maximum Gasteiger partial charge on any atom is 0.224 e. The van der Waals surface area contributed by atoms with Crippen molar-refractivity contribution in [1.82, 2.24) is 10.2 Å². The number of rotatable bonds is 6. The van der Waals surface area contributed by atoms with Crippen molar-refractivity contribution >= 4 is 23.2 Å². The normalized spacial score (nSPS) is 16.2. The summed E-state index contributed by atoms with van der Waals surface area (Å²) in [5, 5.41) is 3.78. The van der Waals surface area contributed by atoms with Gasteiger partial charge in [-0.25, -0.2) is 0 Å². The van der Waals surface area contributed by atoms with Gasteiger partial charge in [0.25, 0.3) is 0 Å². The van der Waals surface area contributed by atoms with Crippen molar-refractivity contribution in [2.75, 3.05) is 38.6 Å². The number of nitrogens with one attached hydrogen (secondary N) is 1. The second-order valence-corrected chi connectivity index (χ2v) is 6.82. The molecule has 1 unspecified atom stereocenters. The molecule has 2 aromatic carbocycles. The molecule has 0 saturated carbocycles. The van der Waals surface area contributed by atoms with E-state index in [2.05, 4.69) is 10.2 Å². The van der Waals surface area contributed by atoms with Gasteiger partial charge in [0.2, 0.25) is 5.91 Å². The summed E-state index contributed by atoms with van der Waals surface area (Å²) in [6, 6.07) is 15.2. The van der Waals surface area contributed by atoms with Crippen LogP contribution in [-0.2, 0) is 16.0 Å². The van der Waals surface area contributed by atoms with E-state index >= 15 is 0 Å². The molecule has 0 bridgehead atoms. The summed E-state index contributed by atoms with van der Waals surface area (Å²) < 4.78 is 5.46. The fourth-order valence-electron chi connectivity index (χ4n) is 3.16. The number of morpholine rings is 1. The van der Waals surface area contributed by atoms with Crippen LogP contribution in [0.3, 0.4) is 0 Å². The Bertz CT molecular complexity index is 730. The average molecular weight is 374 g/mol. The highest BCUT2D eigenvalue weighted by atomic mass is 35.5. The molecule has 3 rings (SSSR count). The van der Waals surface area contributed by atoms with Crippen LogP contribution in [-0.4, -0.2) is 43.7 Å². The smallest absolute Gasteiger partial charge is 0.224 e. The van der Waals surface area contributed by atoms with E-state index in [0.717, 1.165) is 29.2 Å². The largest absolute Gasteiger partial charge is 0.399 e. The Morgan fingerprint density at radius 3 is 2.54 bits per heavy atom. The van der Waals surface area contributed by atoms with E-state index in [-0.39, 0.29) is 11.9 Å². The lowest BCUT2D eigenvalue weighted by molar-refractivity contribution is -0.120. The van der Waals surface area contributed by atoms with E-state index in [1.807, 2.05) is 48.5 Å². The van der Waals surface area contributed by atoms with Gasteiger partial charge in [-0.1, -0.05) is 41.9 Å². The van der Waals surface area contributed by atoms with E-state index < -0.39 is 0 Å². The summed E-state index contributed by atoms with van der Waals surface area (Å²) in [5.74, 6) is -0.0138. The van der Waals surface area contributed by atoms with E-state index in [4.69, 9.17) is 22.1 Å².